The van der Waals surface area contributed by atoms with E-state index in [-0.39, 0.29) is 24.5 Å². The second kappa shape index (κ2) is 9.63. The largest absolute Gasteiger partial charge is 0.374 e. The first-order valence-electron chi connectivity index (χ1n) is 10.8. The molecule has 0 saturated carbocycles. The standard InChI is InChI=1S/C21H35N5O2/c1-3-5-17-12-23-19(13-22-17)24-14(2)15-7-9-16(10-8-15)20-25-21(28-26-20)18-6-4-11-27-18/h7-10,14,17-26H,3-6,11-13H2,1-2H3/t14-,17?,18?,19?,20?,21?/m1/s1. The van der Waals surface area contributed by atoms with Gasteiger partial charge < -0.3 is 10.1 Å². The molecule has 3 heterocycles. The second-order valence-corrected chi connectivity index (χ2v) is 8.22. The van der Waals surface area contributed by atoms with Crippen molar-refractivity contribution in [2.75, 3.05) is 19.7 Å². The number of hydrogen-bond acceptors (Lipinski definition) is 7. The van der Waals surface area contributed by atoms with Crippen molar-refractivity contribution in [3.8, 4) is 0 Å². The Labute approximate surface area is 168 Å². The van der Waals surface area contributed by atoms with Crippen molar-refractivity contribution in [3.63, 3.8) is 0 Å². The van der Waals surface area contributed by atoms with E-state index in [2.05, 4.69) is 64.9 Å². The summed E-state index contributed by atoms with van der Waals surface area (Å²) in [5, 5.41) is 14.4. The normalized spacial score (nSPS) is 34.6. The lowest BCUT2D eigenvalue weighted by atomic mass is 10.0. The van der Waals surface area contributed by atoms with E-state index < -0.39 is 0 Å². The van der Waals surface area contributed by atoms with Crippen molar-refractivity contribution in [2.24, 2.45) is 0 Å². The van der Waals surface area contributed by atoms with Crippen LogP contribution in [0.1, 0.15) is 62.9 Å². The number of benzene rings is 1. The van der Waals surface area contributed by atoms with Gasteiger partial charge >= 0.3 is 0 Å². The summed E-state index contributed by atoms with van der Waals surface area (Å²) in [5.74, 6) is 0. The third kappa shape index (κ3) is 4.91. The molecular formula is C21H35N5O2. The first kappa shape index (κ1) is 20.2. The summed E-state index contributed by atoms with van der Waals surface area (Å²) in [6, 6.07) is 9.63. The zero-order valence-corrected chi connectivity index (χ0v) is 17.0. The smallest absolute Gasteiger partial charge is 0.157 e. The van der Waals surface area contributed by atoms with E-state index >= 15 is 0 Å². The zero-order chi connectivity index (χ0) is 19.3. The molecule has 0 aromatic heterocycles. The molecule has 3 fully saturated rings. The number of hydrogen-bond donors (Lipinski definition) is 5. The summed E-state index contributed by atoms with van der Waals surface area (Å²) in [7, 11) is 0. The van der Waals surface area contributed by atoms with Crippen LogP contribution in [-0.4, -0.2) is 44.2 Å². The van der Waals surface area contributed by atoms with Gasteiger partial charge in [-0.25, -0.2) is 0 Å². The molecule has 5 unspecified atom stereocenters. The van der Waals surface area contributed by atoms with Gasteiger partial charge in [0.05, 0.1) is 12.3 Å². The van der Waals surface area contributed by atoms with Gasteiger partial charge in [-0.1, -0.05) is 37.6 Å². The monoisotopic (exact) mass is 389 g/mol. The Hall–Kier alpha value is -1.06. The minimum Gasteiger partial charge on any atom is -0.374 e. The summed E-state index contributed by atoms with van der Waals surface area (Å²) in [6.45, 7) is 7.29. The van der Waals surface area contributed by atoms with Crippen LogP contribution in [0, 0.1) is 0 Å². The van der Waals surface area contributed by atoms with Gasteiger partial charge in [-0.2, -0.15) is 5.48 Å². The molecule has 5 N–H and O–H groups in total. The van der Waals surface area contributed by atoms with Crippen molar-refractivity contribution in [2.45, 2.75) is 76.3 Å². The second-order valence-electron chi connectivity index (χ2n) is 8.22. The van der Waals surface area contributed by atoms with Gasteiger partial charge in [0.1, 0.15) is 6.17 Å². The van der Waals surface area contributed by atoms with E-state index in [1.807, 2.05) is 0 Å². The van der Waals surface area contributed by atoms with Crippen LogP contribution in [-0.2, 0) is 9.57 Å². The Bertz CT molecular complexity index is 599. The van der Waals surface area contributed by atoms with E-state index in [0.29, 0.717) is 12.2 Å². The predicted molar refractivity (Wildman–Crippen MR) is 109 cm³/mol. The van der Waals surface area contributed by atoms with Crippen LogP contribution >= 0.6 is 0 Å². The van der Waals surface area contributed by atoms with Gasteiger partial charge in [-0.05, 0) is 37.3 Å². The molecule has 156 valence electrons. The first-order valence-corrected chi connectivity index (χ1v) is 10.8. The van der Waals surface area contributed by atoms with Crippen LogP contribution in [0.2, 0.25) is 0 Å². The fourth-order valence-corrected chi connectivity index (χ4v) is 4.32. The van der Waals surface area contributed by atoms with Gasteiger partial charge in [-0.15, -0.1) is 0 Å². The molecule has 0 radical (unpaired) electrons. The lowest BCUT2D eigenvalue weighted by molar-refractivity contribution is -0.0604. The molecule has 3 aliphatic rings. The van der Waals surface area contributed by atoms with Crippen LogP contribution in [0.4, 0.5) is 0 Å². The Kier molecular flexibility index (Phi) is 6.95. The highest BCUT2D eigenvalue weighted by molar-refractivity contribution is 5.27. The third-order valence-corrected chi connectivity index (χ3v) is 6.03. The zero-order valence-electron chi connectivity index (χ0n) is 17.0. The number of ether oxygens (including phenoxy) is 1. The SMILES string of the molecule is CCCC1CNC(N[C@H](C)c2ccc(C3NOC(C4CCCO4)N3)cc2)CN1. The molecule has 1 aromatic rings. The minimum absolute atomic E-state index is 0.00576. The van der Waals surface area contributed by atoms with Crippen molar-refractivity contribution >= 4 is 0 Å². The van der Waals surface area contributed by atoms with Gasteiger partial charge in [0, 0.05) is 31.8 Å². The number of rotatable bonds is 7. The maximum Gasteiger partial charge on any atom is 0.157 e. The third-order valence-electron chi connectivity index (χ3n) is 6.03. The fourth-order valence-electron chi connectivity index (χ4n) is 4.32. The van der Waals surface area contributed by atoms with Gasteiger partial charge in [0.25, 0.3) is 0 Å². The van der Waals surface area contributed by atoms with Gasteiger partial charge in [0.2, 0.25) is 0 Å². The van der Waals surface area contributed by atoms with Crippen LogP contribution in [0.3, 0.4) is 0 Å². The van der Waals surface area contributed by atoms with E-state index in [9.17, 15) is 0 Å². The highest BCUT2D eigenvalue weighted by Crippen LogP contribution is 2.24. The quantitative estimate of drug-likeness (QED) is 0.485. The fraction of sp³-hybridized carbons (Fsp3) is 0.714. The summed E-state index contributed by atoms with van der Waals surface area (Å²) in [4.78, 5) is 5.69. The molecule has 0 amide bonds. The number of piperazine rings is 1. The summed E-state index contributed by atoms with van der Waals surface area (Å²) in [5.41, 5.74) is 5.57. The van der Waals surface area contributed by atoms with Crippen LogP contribution in [0.25, 0.3) is 0 Å². The lowest BCUT2D eigenvalue weighted by Crippen LogP contribution is -2.59. The van der Waals surface area contributed by atoms with Crippen LogP contribution < -0.4 is 26.7 Å². The van der Waals surface area contributed by atoms with E-state index in [0.717, 1.165) is 32.5 Å². The molecule has 3 saturated heterocycles. The molecule has 4 rings (SSSR count). The Morgan fingerprint density at radius 3 is 2.71 bits per heavy atom. The van der Waals surface area contributed by atoms with E-state index in [1.165, 1.54) is 24.0 Å². The molecule has 28 heavy (non-hydrogen) atoms. The van der Waals surface area contributed by atoms with E-state index in [1.54, 1.807) is 0 Å². The molecule has 6 atom stereocenters. The van der Waals surface area contributed by atoms with Gasteiger partial charge in [0.15, 0.2) is 6.23 Å². The Balaban J connectivity index is 1.26. The molecule has 7 nitrogen and oxygen atoms in total. The average Bonchev–Trinajstić information content (AvgIpc) is 3.42. The Morgan fingerprint density at radius 2 is 2.04 bits per heavy atom. The highest BCUT2D eigenvalue weighted by Gasteiger charge is 2.34. The summed E-state index contributed by atoms with van der Waals surface area (Å²) >= 11 is 0. The lowest BCUT2D eigenvalue weighted by Gasteiger charge is -2.33. The molecule has 7 heteroatoms. The van der Waals surface area contributed by atoms with Gasteiger partial charge in [-0.3, -0.25) is 20.8 Å². The molecule has 1 aromatic carbocycles. The predicted octanol–water partition coefficient (Wildman–Crippen LogP) is 1.65. The summed E-state index contributed by atoms with van der Waals surface area (Å²) in [6.07, 6.45) is 5.01. The molecule has 0 spiro atoms. The van der Waals surface area contributed by atoms with Crippen molar-refractivity contribution in [1.82, 2.24) is 26.7 Å². The topological polar surface area (TPSA) is 78.6 Å². The molecule has 0 aliphatic carbocycles. The number of hydroxylamine groups is 1. The van der Waals surface area contributed by atoms with Crippen molar-refractivity contribution in [3.05, 3.63) is 35.4 Å². The van der Waals surface area contributed by atoms with Crippen LogP contribution in [0.15, 0.2) is 24.3 Å². The number of nitrogens with one attached hydrogen (secondary N) is 5. The first-order chi connectivity index (χ1) is 13.7. The van der Waals surface area contributed by atoms with E-state index in [4.69, 9.17) is 9.57 Å². The minimum atomic E-state index is -0.0748. The summed E-state index contributed by atoms with van der Waals surface area (Å²) < 4.78 is 5.72. The van der Waals surface area contributed by atoms with Crippen molar-refractivity contribution < 1.29 is 9.57 Å². The maximum absolute atomic E-state index is 5.72. The maximum atomic E-state index is 5.72. The highest BCUT2D eigenvalue weighted by atomic mass is 16.7. The van der Waals surface area contributed by atoms with Crippen LogP contribution in [0.5, 0.6) is 0 Å². The molecule has 3 aliphatic heterocycles. The Morgan fingerprint density at radius 1 is 1.18 bits per heavy atom. The van der Waals surface area contributed by atoms with Crippen molar-refractivity contribution in [1.29, 1.82) is 0 Å². The average molecular weight is 390 g/mol. The molecule has 0 bridgehead atoms. The molecular weight excluding hydrogens is 354 g/mol.